The first kappa shape index (κ1) is 27.1. The standard InChI is InChI=1S/C16H32N5O7P/c1-5-6-11(20-15(25)9(2)17)16(26)21(12(22)8-19-4)13(7-14(23)24)29(27,28)10(3)18/h9-11,13,19H,5-8,17-18H2,1-4H3,(H,20,25)(H,23,24)(H,27,28)/t9-,10?,11-,13?/m0/s1. The number of nitrogens with two attached hydrogens (primary N) is 2. The normalized spacial score (nSPS) is 17.3. The molecular weight excluding hydrogens is 405 g/mol. The molecule has 5 atom stereocenters. The lowest BCUT2D eigenvalue weighted by atomic mass is 10.1. The molecule has 3 unspecified atom stereocenters. The third-order valence-corrected chi connectivity index (χ3v) is 6.54. The number of nitrogens with one attached hydrogen (secondary N) is 2. The van der Waals surface area contributed by atoms with Gasteiger partial charge >= 0.3 is 5.97 Å². The van der Waals surface area contributed by atoms with Crippen LogP contribution in [0.2, 0.25) is 0 Å². The number of carboxylic acids is 1. The van der Waals surface area contributed by atoms with Crippen molar-refractivity contribution in [2.24, 2.45) is 11.5 Å². The van der Waals surface area contributed by atoms with Gasteiger partial charge < -0.3 is 32.1 Å². The van der Waals surface area contributed by atoms with Crippen LogP contribution in [-0.4, -0.2) is 75.8 Å². The zero-order valence-electron chi connectivity index (χ0n) is 17.1. The second-order valence-corrected chi connectivity index (χ2v) is 9.52. The molecule has 0 fully saturated rings. The van der Waals surface area contributed by atoms with Gasteiger partial charge in [0.2, 0.25) is 19.2 Å². The number of amides is 3. The van der Waals surface area contributed by atoms with Crippen LogP contribution < -0.4 is 22.1 Å². The van der Waals surface area contributed by atoms with Crippen LogP contribution in [0.25, 0.3) is 0 Å². The van der Waals surface area contributed by atoms with E-state index >= 15 is 0 Å². The monoisotopic (exact) mass is 437 g/mol. The van der Waals surface area contributed by atoms with Crippen LogP contribution in [0.1, 0.15) is 40.0 Å². The Hall–Kier alpha value is -1.85. The zero-order valence-corrected chi connectivity index (χ0v) is 18.0. The lowest BCUT2D eigenvalue weighted by Crippen LogP contribution is -2.57. The summed E-state index contributed by atoms with van der Waals surface area (Å²) in [4.78, 5) is 60.0. The van der Waals surface area contributed by atoms with Crippen LogP contribution in [0, 0.1) is 0 Å². The molecule has 0 saturated heterocycles. The van der Waals surface area contributed by atoms with Gasteiger partial charge in [-0.2, -0.15) is 0 Å². The summed E-state index contributed by atoms with van der Waals surface area (Å²) in [5.41, 5.74) is 11.1. The van der Waals surface area contributed by atoms with Gasteiger partial charge in [0.25, 0.3) is 5.91 Å². The first-order valence-electron chi connectivity index (χ1n) is 9.17. The summed E-state index contributed by atoms with van der Waals surface area (Å²) in [6, 6.07) is -2.17. The fraction of sp³-hybridized carbons (Fsp3) is 0.750. The van der Waals surface area contributed by atoms with Crippen molar-refractivity contribution >= 4 is 31.1 Å². The maximum atomic E-state index is 13.2. The molecule has 0 heterocycles. The maximum absolute atomic E-state index is 13.2. The van der Waals surface area contributed by atoms with Gasteiger partial charge in [0, 0.05) is 0 Å². The molecule has 12 nitrogen and oxygen atoms in total. The molecule has 0 bridgehead atoms. The average molecular weight is 437 g/mol. The largest absolute Gasteiger partial charge is 0.481 e. The minimum Gasteiger partial charge on any atom is -0.481 e. The molecule has 168 valence electrons. The highest BCUT2D eigenvalue weighted by Crippen LogP contribution is 2.52. The van der Waals surface area contributed by atoms with Gasteiger partial charge in [-0.3, -0.25) is 28.6 Å². The highest BCUT2D eigenvalue weighted by atomic mass is 31.2. The predicted octanol–water partition coefficient (Wildman–Crippen LogP) is -1.43. The molecule has 0 aromatic heterocycles. The van der Waals surface area contributed by atoms with Crippen molar-refractivity contribution in [1.29, 1.82) is 0 Å². The van der Waals surface area contributed by atoms with Gasteiger partial charge in [-0.05, 0) is 27.3 Å². The van der Waals surface area contributed by atoms with E-state index in [0.717, 1.165) is 0 Å². The van der Waals surface area contributed by atoms with Crippen LogP contribution in [0.3, 0.4) is 0 Å². The second-order valence-electron chi connectivity index (χ2n) is 6.76. The molecule has 3 amide bonds. The first-order chi connectivity index (χ1) is 13.3. The molecule has 0 aliphatic heterocycles. The number of carbonyl (C=O) groups excluding carboxylic acids is 3. The maximum Gasteiger partial charge on any atom is 0.306 e. The molecular formula is C16H32N5O7P. The van der Waals surface area contributed by atoms with Crippen molar-refractivity contribution in [1.82, 2.24) is 15.5 Å². The van der Waals surface area contributed by atoms with Crippen LogP contribution in [0.4, 0.5) is 0 Å². The first-order valence-corrected chi connectivity index (χ1v) is 11.0. The van der Waals surface area contributed by atoms with Crippen LogP contribution in [-0.2, 0) is 23.7 Å². The van der Waals surface area contributed by atoms with E-state index in [2.05, 4.69) is 10.6 Å². The summed E-state index contributed by atoms with van der Waals surface area (Å²) in [5.74, 6) is -7.36. The van der Waals surface area contributed by atoms with Gasteiger partial charge in [0.05, 0.1) is 24.8 Å². The summed E-state index contributed by atoms with van der Waals surface area (Å²) in [6.45, 7) is 3.91. The van der Waals surface area contributed by atoms with E-state index in [1.54, 1.807) is 6.92 Å². The number of carbonyl (C=O) groups is 4. The molecule has 0 saturated carbocycles. The Morgan fingerprint density at radius 3 is 2.10 bits per heavy atom. The molecule has 29 heavy (non-hydrogen) atoms. The summed E-state index contributed by atoms with van der Waals surface area (Å²) in [6.07, 6.45) is -0.442. The Morgan fingerprint density at radius 2 is 1.72 bits per heavy atom. The predicted molar refractivity (Wildman–Crippen MR) is 106 cm³/mol. The molecule has 8 N–H and O–H groups in total. The SMILES string of the molecule is CCC[C@H](NC(=O)[C@H](C)N)C(=O)N(C(=O)CNC)C(CC(=O)O)P(=O)(O)C(C)N. The summed E-state index contributed by atoms with van der Waals surface area (Å²) in [5, 5.41) is 14.1. The Balaban J connectivity index is 6.30. The van der Waals surface area contributed by atoms with Crippen molar-refractivity contribution in [3.63, 3.8) is 0 Å². The van der Waals surface area contributed by atoms with Gasteiger partial charge in [-0.1, -0.05) is 13.3 Å². The van der Waals surface area contributed by atoms with E-state index < -0.39 is 67.7 Å². The molecule has 0 aromatic rings. The number of carboxylic acid groups (broad SMARTS) is 1. The number of likely N-dealkylation sites (N-methyl/N-ethyl adjacent to an activating group) is 1. The fourth-order valence-corrected chi connectivity index (χ4v) is 4.04. The lowest BCUT2D eigenvalue weighted by molar-refractivity contribution is -0.149. The van der Waals surface area contributed by atoms with Gasteiger partial charge in [0.1, 0.15) is 11.8 Å². The van der Waals surface area contributed by atoms with E-state index in [0.29, 0.717) is 11.3 Å². The number of aliphatic carboxylic acids is 1. The van der Waals surface area contributed by atoms with Crippen molar-refractivity contribution in [3.8, 4) is 0 Å². The van der Waals surface area contributed by atoms with Crippen LogP contribution in [0.5, 0.6) is 0 Å². The topological polar surface area (TPSA) is 205 Å². The molecule has 0 radical (unpaired) electrons. The number of hydrogen-bond donors (Lipinski definition) is 6. The quantitative estimate of drug-likeness (QED) is 0.196. The van der Waals surface area contributed by atoms with Crippen molar-refractivity contribution in [3.05, 3.63) is 0 Å². The van der Waals surface area contributed by atoms with Gasteiger partial charge in [-0.15, -0.1) is 0 Å². The molecule has 13 heteroatoms. The molecule has 0 aromatic carbocycles. The molecule has 0 aliphatic carbocycles. The highest BCUT2D eigenvalue weighted by Gasteiger charge is 2.46. The van der Waals surface area contributed by atoms with Crippen molar-refractivity contribution in [2.45, 2.75) is 63.7 Å². The Morgan fingerprint density at radius 1 is 1.17 bits per heavy atom. The molecule has 0 rings (SSSR count). The minimum absolute atomic E-state index is 0.105. The van der Waals surface area contributed by atoms with E-state index in [1.165, 1.54) is 20.9 Å². The number of rotatable bonds is 12. The smallest absolute Gasteiger partial charge is 0.306 e. The van der Waals surface area contributed by atoms with E-state index in [1.807, 2.05) is 0 Å². The van der Waals surface area contributed by atoms with E-state index in [9.17, 15) is 33.7 Å². The molecule has 0 aliphatic rings. The Kier molecular flexibility index (Phi) is 11.2. The minimum atomic E-state index is -4.51. The highest BCUT2D eigenvalue weighted by molar-refractivity contribution is 7.59. The average Bonchev–Trinajstić information content (AvgIpc) is 2.60. The van der Waals surface area contributed by atoms with Crippen molar-refractivity contribution < 1.29 is 33.7 Å². The fourth-order valence-electron chi connectivity index (χ4n) is 2.50. The van der Waals surface area contributed by atoms with Gasteiger partial charge in [0.15, 0.2) is 0 Å². The van der Waals surface area contributed by atoms with E-state index in [-0.39, 0.29) is 6.42 Å². The third kappa shape index (κ3) is 7.82. The van der Waals surface area contributed by atoms with Crippen LogP contribution >= 0.6 is 7.37 Å². The Bertz CT molecular complexity index is 656. The third-order valence-electron chi connectivity index (χ3n) is 4.11. The Labute approximate surface area is 169 Å². The van der Waals surface area contributed by atoms with Crippen LogP contribution in [0.15, 0.2) is 0 Å². The number of hydrogen-bond acceptors (Lipinski definition) is 8. The zero-order chi connectivity index (χ0) is 22.9. The molecule has 0 spiro atoms. The lowest BCUT2D eigenvalue weighted by Gasteiger charge is -2.36. The summed E-state index contributed by atoms with van der Waals surface area (Å²) in [7, 11) is -3.10. The van der Waals surface area contributed by atoms with Crippen molar-refractivity contribution in [2.75, 3.05) is 13.6 Å². The van der Waals surface area contributed by atoms with E-state index in [4.69, 9.17) is 11.5 Å². The second kappa shape index (κ2) is 12.0. The number of imide groups is 1. The summed E-state index contributed by atoms with van der Waals surface area (Å²) < 4.78 is 12.8. The van der Waals surface area contributed by atoms with Gasteiger partial charge in [-0.25, -0.2) is 0 Å². The summed E-state index contributed by atoms with van der Waals surface area (Å²) >= 11 is 0. The number of nitrogens with zero attached hydrogens (tertiary/aromatic N) is 1.